The van der Waals surface area contributed by atoms with E-state index in [0.29, 0.717) is 23.4 Å². The fourth-order valence-electron chi connectivity index (χ4n) is 5.10. The van der Waals surface area contributed by atoms with E-state index in [1.165, 1.54) is 0 Å². The van der Waals surface area contributed by atoms with Gasteiger partial charge in [-0.2, -0.15) is 0 Å². The van der Waals surface area contributed by atoms with Gasteiger partial charge in [-0.15, -0.1) is 0 Å². The fourth-order valence-corrected chi connectivity index (χ4v) is 5.10. The maximum atomic E-state index is 12.5. The maximum absolute atomic E-state index is 12.5. The van der Waals surface area contributed by atoms with Crippen molar-refractivity contribution in [2.45, 2.75) is 44.6 Å². The highest BCUT2D eigenvalue weighted by Gasteiger charge is 2.22. The lowest BCUT2D eigenvalue weighted by Crippen LogP contribution is -2.45. The number of likely N-dealkylation sites (tertiary alicyclic amines) is 1. The van der Waals surface area contributed by atoms with Gasteiger partial charge in [0.2, 0.25) is 0 Å². The van der Waals surface area contributed by atoms with E-state index in [1.807, 2.05) is 30.3 Å². The van der Waals surface area contributed by atoms with Crippen LogP contribution >= 0.6 is 0 Å². The van der Waals surface area contributed by atoms with Crippen molar-refractivity contribution in [3.05, 3.63) is 69.6 Å². The van der Waals surface area contributed by atoms with Crippen LogP contribution in [0.4, 0.5) is 5.69 Å². The van der Waals surface area contributed by atoms with Crippen molar-refractivity contribution in [1.29, 1.82) is 0 Å². The van der Waals surface area contributed by atoms with Crippen molar-refractivity contribution in [3.8, 4) is 5.75 Å². The number of piperidine rings is 1. The van der Waals surface area contributed by atoms with Gasteiger partial charge in [-0.05, 0) is 68.4 Å². The van der Waals surface area contributed by atoms with Crippen molar-refractivity contribution in [1.82, 2.24) is 10.2 Å². The molecule has 5 rings (SSSR count). The molecule has 0 spiro atoms. The summed E-state index contributed by atoms with van der Waals surface area (Å²) in [6.45, 7) is 3.44. The number of aryl methyl sites for hydroxylation is 1. The number of fused-ring (bicyclic) bond motifs is 3. The van der Waals surface area contributed by atoms with Crippen LogP contribution in [0.3, 0.4) is 0 Å². The highest BCUT2D eigenvalue weighted by atomic mass is 16.5. The summed E-state index contributed by atoms with van der Waals surface area (Å²) in [6.07, 6.45) is 5.53. The first kappa shape index (κ1) is 22.5. The third kappa shape index (κ3) is 4.80. The molecule has 1 fully saturated rings. The first-order valence-electron chi connectivity index (χ1n) is 12.2. The second-order valence-electron chi connectivity index (χ2n) is 9.24. The van der Waals surface area contributed by atoms with Crippen molar-refractivity contribution in [3.63, 3.8) is 0 Å². The number of nitrogens with zero attached hydrogens (tertiary/aromatic N) is 1. The van der Waals surface area contributed by atoms with Crippen LogP contribution in [0.2, 0.25) is 0 Å². The summed E-state index contributed by atoms with van der Waals surface area (Å²) in [5.74, 6) is 0.635. The quantitative estimate of drug-likeness (QED) is 0.317. The molecule has 7 nitrogen and oxygen atoms in total. The molecule has 0 atom stereocenters. The Kier molecular flexibility index (Phi) is 6.54. The highest BCUT2D eigenvalue weighted by Crippen LogP contribution is 2.29. The number of nitrogens with one attached hydrogen (secondary N) is 1. The molecule has 2 aliphatic rings. The molecule has 1 saturated heterocycles. The SMILES string of the molecule is Nc1ccccc1C(=O)NC1CCN(CCCOc2ccc3c4c(c(=O)oc3c2)CCC4)CC1. The topological polar surface area (TPSA) is 97.8 Å². The van der Waals surface area contributed by atoms with Crippen LogP contribution < -0.4 is 21.4 Å². The van der Waals surface area contributed by atoms with Gasteiger partial charge in [0.25, 0.3) is 5.91 Å². The number of rotatable bonds is 7. The van der Waals surface area contributed by atoms with Crippen molar-refractivity contribution in [2.75, 3.05) is 32.0 Å². The second-order valence-corrected chi connectivity index (χ2v) is 9.24. The minimum atomic E-state index is -0.205. The number of nitrogens with two attached hydrogens (primary N) is 1. The van der Waals surface area contributed by atoms with E-state index in [4.69, 9.17) is 14.9 Å². The Labute approximate surface area is 198 Å². The van der Waals surface area contributed by atoms with Crippen LogP contribution in [0.5, 0.6) is 5.75 Å². The molecule has 0 saturated carbocycles. The Morgan fingerprint density at radius 3 is 2.74 bits per heavy atom. The molecule has 1 aliphatic carbocycles. The Hall–Kier alpha value is -3.32. The minimum Gasteiger partial charge on any atom is -0.493 e. The largest absolute Gasteiger partial charge is 0.493 e. The summed E-state index contributed by atoms with van der Waals surface area (Å²) in [7, 11) is 0. The number of amides is 1. The van der Waals surface area contributed by atoms with Gasteiger partial charge < -0.3 is 25.1 Å². The van der Waals surface area contributed by atoms with E-state index in [2.05, 4.69) is 10.2 Å². The van der Waals surface area contributed by atoms with Crippen LogP contribution in [0.25, 0.3) is 11.0 Å². The molecule has 34 heavy (non-hydrogen) atoms. The lowest BCUT2D eigenvalue weighted by molar-refractivity contribution is 0.0910. The summed E-state index contributed by atoms with van der Waals surface area (Å²) in [5, 5.41) is 4.15. The van der Waals surface area contributed by atoms with Crippen LogP contribution in [0.1, 0.15) is 47.2 Å². The summed E-state index contributed by atoms with van der Waals surface area (Å²) in [4.78, 5) is 27.1. The molecule has 1 aliphatic heterocycles. The van der Waals surface area contributed by atoms with Gasteiger partial charge in [-0.3, -0.25) is 4.79 Å². The Morgan fingerprint density at radius 1 is 1.12 bits per heavy atom. The summed E-state index contributed by atoms with van der Waals surface area (Å²) >= 11 is 0. The molecule has 178 valence electrons. The average molecular weight is 462 g/mol. The molecule has 0 bridgehead atoms. The number of anilines is 1. The van der Waals surface area contributed by atoms with E-state index < -0.39 is 0 Å². The van der Waals surface area contributed by atoms with Gasteiger partial charge in [-0.1, -0.05) is 12.1 Å². The zero-order valence-corrected chi connectivity index (χ0v) is 19.3. The third-order valence-corrected chi connectivity index (χ3v) is 6.96. The highest BCUT2D eigenvalue weighted by molar-refractivity contribution is 5.99. The predicted octanol–water partition coefficient (Wildman–Crippen LogP) is 3.53. The lowest BCUT2D eigenvalue weighted by Gasteiger charge is -2.32. The monoisotopic (exact) mass is 461 g/mol. The van der Waals surface area contributed by atoms with Gasteiger partial charge in [0.15, 0.2) is 0 Å². The Balaban J connectivity index is 1.06. The Bertz CT molecular complexity index is 1240. The van der Waals surface area contributed by atoms with E-state index in [9.17, 15) is 9.59 Å². The van der Waals surface area contributed by atoms with Gasteiger partial charge in [0.05, 0.1) is 12.2 Å². The molecule has 3 N–H and O–H groups in total. The standard InChI is InChI=1S/C27H31N3O4/c28-24-8-2-1-5-23(24)26(31)29-18-11-14-30(15-12-18)13-4-16-33-19-9-10-21-20-6-3-7-22(20)27(32)34-25(21)17-19/h1-2,5,8-10,17-18H,3-4,6-7,11-16,28H2,(H,29,31). The summed E-state index contributed by atoms with van der Waals surface area (Å²) in [5.41, 5.74) is 9.36. The number of nitrogen functional groups attached to an aromatic ring is 1. The summed E-state index contributed by atoms with van der Waals surface area (Å²) in [6, 6.07) is 13.2. The van der Waals surface area contributed by atoms with Crippen LogP contribution in [-0.2, 0) is 12.8 Å². The van der Waals surface area contributed by atoms with E-state index in [1.54, 1.807) is 12.1 Å². The molecule has 2 aromatic carbocycles. The first-order chi connectivity index (χ1) is 16.6. The smallest absolute Gasteiger partial charge is 0.339 e. The van der Waals surface area contributed by atoms with Crippen molar-refractivity contribution < 1.29 is 13.9 Å². The lowest BCUT2D eigenvalue weighted by atomic mass is 10.0. The van der Waals surface area contributed by atoms with Crippen LogP contribution in [-0.4, -0.2) is 43.1 Å². The normalized spacial score (nSPS) is 16.5. The zero-order chi connectivity index (χ0) is 23.5. The first-order valence-corrected chi connectivity index (χ1v) is 12.2. The van der Waals surface area contributed by atoms with E-state index in [0.717, 1.165) is 80.4 Å². The summed E-state index contributed by atoms with van der Waals surface area (Å²) < 4.78 is 11.5. The zero-order valence-electron chi connectivity index (χ0n) is 19.3. The number of hydrogen-bond acceptors (Lipinski definition) is 6. The van der Waals surface area contributed by atoms with Gasteiger partial charge in [0.1, 0.15) is 11.3 Å². The molecule has 0 radical (unpaired) electrons. The maximum Gasteiger partial charge on any atom is 0.339 e. The average Bonchev–Trinajstić information content (AvgIpc) is 3.34. The minimum absolute atomic E-state index is 0.0962. The van der Waals surface area contributed by atoms with Gasteiger partial charge >= 0.3 is 5.63 Å². The van der Waals surface area contributed by atoms with Crippen molar-refractivity contribution >= 4 is 22.6 Å². The van der Waals surface area contributed by atoms with Gasteiger partial charge in [-0.25, -0.2) is 4.79 Å². The number of carbonyl (C=O) groups is 1. The Morgan fingerprint density at radius 2 is 1.91 bits per heavy atom. The molecule has 2 heterocycles. The van der Waals surface area contributed by atoms with Crippen LogP contribution in [0, 0.1) is 0 Å². The number of para-hydroxylation sites is 1. The molecule has 1 aromatic heterocycles. The number of hydrogen-bond donors (Lipinski definition) is 2. The fraction of sp³-hybridized carbons (Fsp3) is 0.407. The predicted molar refractivity (Wildman–Crippen MR) is 132 cm³/mol. The third-order valence-electron chi connectivity index (χ3n) is 6.96. The van der Waals surface area contributed by atoms with Gasteiger partial charge in [0, 0.05) is 48.4 Å². The molecule has 7 heteroatoms. The van der Waals surface area contributed by atoms with Crippen molar-refractivity contribution in [2.24, 2.45) is 0 Å². The second kappa shape index (κ2) is 9.89. The number of ether oxygens (including phenoxy) is 1. The van der Waals surface area contributed by atoms with Crippen LogP contribution in [0.15, 0.2) is 51.7 Å². The van der Waals surface area contributed by atoms with E-state index in [-0.39, 0.29) is 17.6 Å². The molecule has 3 aromatic rings. The molecule has 1 amide bonds. The number of benzene rings is 2. The molecule has 0 unspecified atom stereocenters. The molecular formula is C27H31N3O4. The molecular weight excluding hydrogens is 430 g/mol. The van der Waals surface area contributed by atoms with E-state index >= 15 is 0 Å². The number of carbonyl (C=O) groups excluding carboxylic acids is 1.